The van der Waals surface area contributed by atoms with Crippen molar-refractivity contribution in [1.82, 2.24) is 5.32 Å². The Kier molecular flexibility index (Phi) is 5.05. The minimum atomic E-state index is -3.28. The van der Waals surface area contributed by atoms with E-state index >= 15 is 0 Å². The molecule has 0 radical (unpaired) electrons. The average molecular weight is 282 g/mol. The monoisotopic (exact) mass is 281 g/mol. The maximum atomic E-state index is 11.8. The molecule has 1 aromatic carbocycles. The topological polar surface area (TPSA) is 46.2 Å². The minimum absolute atomic E-state index is 0.0544. The van der Waals surface area contributed by atoms with Crippen molar-refractivity contribution in [3.8, 4) is 0 Å². The molecule has 0 heterocycles. The molecule has 0 saturated carbocycles. The number of hydrogen-bond acceptors (Lipinski definition) is 3. The largest absolute Gasteiger partial charge is 0.316 e. The lowest BCUT2D eigenvalue weighted by Gasteiger charge is -2.05. The van der Waals surface area contributed by atoms with Crippen molar-refractivity contribution in [3.05, 3.63) is 28.2 Å². The number of hydrogen-bond donors (Lipinski definition) is 1. The normalized spacial score (nSPS) is 11.7. The molecule has 0 bridgehead atoms. The zero-order valence-electron chi connectivity index (χ0n) is 8.83. The number of benzene rings is 1. The molecule has 0 unspecified atom stereocenters. The number of sulfone groups is 1. The van der Waals surface area contributed by atoms with E-state index in [1.165, 1.54) is 18.2 Å². The third kappa shape index (κ3) is 3.63. The summed E-state index contributed by atoms with van der Waals surface area (Å²) in [6, 6.07) is 4.34. The van der Waals surface area contributed by atoms with Crippen LogP contribution in [0.5, 0.6) is 0 Å². The predicted molar refractivity (Wildman–Crippen MR) is 67.1 cm³/mol. The van der Waals surface area contributed by atoms with Gasteiger partial charge in [-0.15, -0.1) is 0 Å². The Morgan fingerprint density at radius 1 is 1.25 bits per heavy atom. The van der Waals surface area contributed by atoms with Gasteiger partial charge in [-0.3, -0.25) is 0 Å². The van der Waals surface area contributed by atoms with Gasteiger partial charge in [-0.1, -0.05) is 30.1 Å². The van der Waals surface area contributed by atoms with Crippen LogP contribution < -0.4 is 5.32 Å². The van der Waals surface area contributed by atoms with Gasteiger partial charge < -0.3 is 5.32 Å². The highest BCUT2D eigenvalue weighted by Gasteiger charge is 2.14. The second-order valence-corrected chi connectivity index (χ2v) is 6.17. The van der Waals surface area contributed by atoms with Gasteiger partial charge in [-0.05, 0) is 24.7 Å². The number of halogens is 2. The van der Waals surface area contributed by atoms with Crippen LogP contribution in [0.1, 0.15) is 6.92 Å². The fourth-order valence-corrected chi connectivity index (χ4v) is 2.76. The van der Waals surface area contributed by atoms with Crippen molar-refractivity contribution in [1.29, 1.82) is 0 Å². The highest BCUT2D eigenvalue weighted by atomic mass is 35.5. The van der Waals surface area contributed by atoms with Crippen LogP contribution in [0.25, 0.3) is 0 Å². The molecule has 1 aromatic rings. The molecule has 0 spiro atoms. The molecule has 90 valence electrons. The summed E-state index contributed by atoms with van der Waals surface area (Å²) in [5.41, 5.74) is 0. The zero-order chi connectivity index (χ0) is 12.2. The van der Waals surface area contributed by atoms with Gasteiger partial charge in [-0.2, -0.15) is 0 Å². The number of nitrogens with one attached hydrogen (secondary N) is 1. The van der Waals surface area contributed by atoms with Gasteiger partial charge in [0.25, 0.3) is 0 Å². The molecule has 1 rings (SSSR count). The highest BCUT2D eigenvalue weighted by molar-refractivity contribution is 7.91. The third-order valence-corrected chi connectivity index (χ3v) is 4.50. The van der Waals surface area contributed by atoms with Gasteiger partial charge in [0.2, 0.25) is 0 Å². The van der Waals surface area contributed by atoms with E-state index in [1.807, 2.05) is 6.92 Å². The van der Waals surface area contributed by atoms with Crippen LogP contribution in [0, 0.1) is 0 Å². The molecule has 0 amide bonds. The second kappa shape index (κ2) is 5.87. The summed E-state index contributed by atoms with van der Waals surface area (Å²) in [6.45, 7) is 3.10. The lowest BCUT2D eigenvalue weighted by Crippen LogP contribution is -2.22. The minimum Gasteiger partial charge on any atom is -0.316 e. The molecular weight excluding hydrogens is 269 g/mol. The van der Waals surface area contributed by atoms with Gasteiger partial charge in [0.15, 0.2) is 9.84 Å². The first-order valence-electron chi connectivity index (χ1n) is 4.86. The SMILES string of the molecule is CCNCCS(=O)(=O)c1ccc(Cl)c(Cl)c1. The average Bonchev–Trinajstić information content (AvgIpc) is 2.22. The van der Waals surface area contributed by atoms with Crippen LogP contribution in [0.4, 0.5) is 0 Å². The third-order valence-electron chi connectivity index (χ3n) is 2.05. The lowest BCUT2D eigenvalue weighted by atomic mass is 10.4. The first-order chi connectivity index (χ1) is 7.47. The van der Waals surface area contributed by atoms with E-state index in [4.69, 9.17) is 23.2 Å². The van der Waals surface area contributed by atoms with E-state index < -0.39 is 9.84 Å². The Morgan fingerprint density at radius 3 is 2.50 bits per heavy atom. The molecule has 6 heteroatoms. The van der Waals surface area contributed by atoms with Crippen LogP contribution in [-0.4, -0.2) is 27.3 Å². The Morgan fingerprint density at radius 2 is 1.94 bits per heavy atom. The van der Waals surface area contributed by atoms with Crippen LogP contribution in [0.3, 0.4) is 0 Å². The maximum Gasteiger partial charge on any atom is 0.179 e. The van der Waals surface area contributed by atoms with Gasteiger partial charge >= 0.3 is 0 Å². The van der Waals surface area contributed by atoms with Crippen LogP contribution in [0.15, 0.2) is 23.1 Å². The van der Waals surface area contributed by atoms with Crippen molar-refractivity contribution in [3.63, 3.8) is 0 Å². The Bertz CT molecular complexity index is 460. The van der Waals surface area contributed by atoms with E-state index in [1.54, 1.807) is 0 Å². The van der Waals surface area contributed by atoms with Crippen molar-refractivity contribution in [2.75, 3.05) is 18.8 Å². The first kappa shape index (κ1) is 13.8. The van der Waals surface area contributed by atoms with Crippen LogP contribution in [0.2, 0.25) is 10.0 Å². The fourth-order valence-electron chi connectivity index (χ4n) is 1.17. The van der Waals surface area contributed by atoms with E-state index in [0.29, 0.717) is 11.6 Å². The maximum absolute atomic E-state index is 11.8. The molecule has 1 N–H and O–H groups in total. The molecule has 16 heavy (non-hydrogen) atoms. The Balaban J connectivity index is 2.86. The zero-order valence-corrected chi connectivity index (χ0v) is 11.2. The molecule has 0 aliphatic heterocycles. The lowest BCUT2D eigenvalue weighted by molar-refractivity contribution is 0.592. The van der Waals surface area contributed by atoms with Crippen molar-refractivity contribution in [2.24, 2.45) is 0 Å². The smallest absolute Gasteiger partial charge is 0.179 e. The Hall–Kier alpha value is -0.290. The highest BCUT2D eigenvalue weighted by Crippen LogP contribution is 2.25. The van der Waals surface area contributed by atoms with Gasteiger partial charge in [0, 0.05) is 6.54 Å². The van der Waals surface area contributed by atoms with E-state index in [0.717, 1.165) is 6.54 Å². The molecular formula is C10H13Cl2NO2S. The molecule has 0 atom stereocenters. The van der Waals surface area contributed by atoms with Crippen molar-refractivity contribution < 1.29 is 8.42 Å². The summed E-state index contributed by atoms with van der Waals surface area (Å²) >= 11 is 11.5. The van der Waals surface area contributed by atoms with E-state index in [-0.39, 0.29) is 15.7 Å². The van der Waals surface area contributed by atoms with E-state index in [2.05, 4.69) is 5.32 Å². The second-order valence-electron chi connectivity index (χ2n) is 3.25. The standard InChI is InChI=1S/C10H13Cl2NO2S/c1-2-13-5-6-16(14,15)8-3-4-9(11)10(12)7-8/h3-4,7,13H,2,5-6H2,1H3. The quantitative estimate of drug-likeness (QED) is 0.843. The van der Waals surface area contributed by atoms with Crippen molar-refractivity contribution in [2.45, 2.75) is 11.8 Å². The van der Waals surface area contributed by atoms with Gasteiger partial charge in [0.1, 0.15) is 0 Å². The van der Waals surface area contributed by atoms with Gasteiger partial charge in [0.05, 0.1) is 20.7 Å². The summed E-state index contributed by atoms with van der Waals surface area (Å²) in [4.78, 5) is 0.208. The summed E-state index contributed by atoms with van der Waals surface area (Å²) in [5, 5.41) is 3.57. The Labute approximate surface area is 106 Å². The molecule has 0 aliphatic carbocycles. The number of rotatable bonds is 5. The fraction of sp³-hybridized carbons (Fsp3) is 0.400. The molecule has 0 aliphatic rings. The van der Waals surface area contributed by atoms with Crippen LogP contribution >= 0.6 is 23.2 Å². The first-order valence-corrected chi connectivity index (χ1v) is 7.26. The molecule has 0 aromatic heterocycles. The van der Waals surface area contributed by atoms with E-state index in [9.17, 15) is 8.42 Å². The van der Waals surface area contributed by atoms with Crippen molar-refractivity contribution >= 4 is 33.0 Å². The molecule has 3 nitrogen and oxygen atoms in total. The van der Waals surface area contributed by atoms with Crippen LogP contribution in [-0.2, 0) is 9.84 Å². The summed E-state index contributed by atoms with van der Waals surface area (Å²) in [7, 11) is -3.28. The summed E-state index contributed by atoms with van der Waals surface area (Å²) < 4.78 is 23.7. The summed E-state index contributed by atoms with van der Waals surface area (Å²) in [5.74, 6) is 0.0544. The molecule has 0 fully saturated rings. The summed E-state index contributed by atoms with van der Waals surface area (Å²) in [6.07, 6.45) is 0. The van der Waals surface area contributed by atoms with Gasteiger partial charge in [-0.25, -0.2) is 8.42 Å². The predicted octanol–water partition coefficient (Wildman–Crippen LogP) is 2.38. The molecule has 0 saturated heterocycles.